The molecule has 2 N–H and O–H groups in total. The largest absolute Gasteiger partial charge is 0.353 e. The number of thioether (sulfide) groups is 1. The molecule has 1 saturated heterocycles. The van der Waals surface area contributed by atoms with Crippen molar-refractivity contribution in [3.8, 4) is 0 Å². The molecule has 6 heteroatoms. The highest BCUT2D eigenvalue weighted by atomic mass is 32.2. The molecular formula is C10H15N3O2S. The normalized spacial score (nSPS) is 29.9. The van der Waals surface area contributed by atoms with Crippen molar-refractivity contribution in [3.63, 3.8) is 0 Å². The maximum absolute atomic E-state index is 11.5. The van der Waals surface area contributed by atoms with E-state index in [1.54, 1.807) is 11.8 Å². The second-order valence-electron chi connectivity index (χ2n) is 3.94. The molecule has 5 nitrogen and oxygen atoms in total. The predicted molar refractivity (Wildman–Crippen MR) is 63.3 cm³/mol. The molecule has 0 spiro atoms. The third-order valence-electron chi connectivity index (χ3n) is 2.71. The number of hydrogen-bond donors (Lipinski definition) is 2. The first-order chi connectivity index (χ1) is 7.69. The van der Waals surface area contributed by atoms with Crippen LogP contribution in [0, 0.1) is 0 Å². The number of aliphatic imine (C=N–C) groups is 1. The summed E-state index contributed by atoms with van der Waals surface area (Å²) in [6.45, 7) is 2.94. The Balaban J connectivity index is 1.86. The van der Waals surface area contributed by atoms with Crippen LogP contribution in [0.3, 0.4) is 0 Å². The van der Waals surface area contributed by atoms with E-state index in [9.17, 15) is 9.59 Å². The Kier molecular flexibility index (Phi) is 3.48. The average molecular weight is 241 g/mol. The molecule has 2 aliphatic heterocycles. The smallest absolute Gasteiger partial charge is 0.249 e. The van der Waals surface area contributed by atoms with Crippen LogP contribution in [0.1, 0.15) is 26.2 Å². The van der Waals surface area contributed by atoms with Crippen LogP contribution in [0.25, 0.3) is 0 Å². The molecule has 2 unspecified atom stereocenters. The molecule has 0 radical (unpaired) electrons. The summed E-state index contributed by atoms with van der Waals surface area (Å²) in [5, 5.41) is 6.78. The topological polar surface area (TPSA) is 70.6 Å². The first-order valence-electron chi connectivity index (χ1n) is 5.50. The summed E-state index contributed by atoms with van der Waals surface area (Å²) in [6, 6.07) is -0.306. The van der Waals surface area contributed by atoms with Gasteiger partial charge >= 0.3 is 0 Å². The Hall–Kier alpha value is -1.04. The lowest BCUT2D eigenvalue weighted by Gasteiger charge is -2.22. The van der Waals surface area contributed by atoms with E-state index in [0.29, 0.717) is 18.1 Å². The Morgan fingerprint density at radius 1 is 1.56 bits per heavy atom. The minimum Gasteiger partial charge on any atom is -0.353 e. The van der Waals surface area contributed by atoms with Gasteiger partial charge < -0.3 is 5.32 Å². The number of amides is 2. The molecule has 2 atom stereocenters. The van der Waals surface area contributed by atoms with E-state index in [0.717, 1.165) is 18.1 Å². The highest BCUT2D eigenvalue weighted by Crippen LogP contribution is 2.22. The molecule has 0 aliphatic carbocycles. The van der Waals surface area contributed by atoms with Crippen molar-refractivity contribution in [1.82, 2.24) is 10.6 Å². The minimum atomic E-state index is -0.306. The lowest BCUT2D eigenvalue weighted by Crippen LogP contribution is -2.51. The van der Waals surface area contributed by atoms with E-state index in [1.165, 1.54) is 0 Å². The molecule has 0 aromatic carbocycles. The first kappa shape index (κ1) is 11.4. The van der Waals surface area contributed by atoms with Crippen molar-refractivity contribution in [2.45, 2.75) is 37.5 Å². The molecule has 2 amide bonds. The van der Waals surface area contributed by atoms with Crippen molar-refractivity contribution in [2.24, 2.45) is 4.99 Å². The van der Waals surface area contributed by atoms with Gasteiger partial charge in [-0.3, -0.25) is 19.9 Å². The minimum absolute atomic E-state index is 0.185. The van der Waals surface area contributed by atoms with E-state index in [2.05, 4.69) is 22.5 Å². The molecule has 0 bridgehead atoms. The maximum atomic E-state index is 11.5. The predicted octanol–water partition coefficient (Wildman–Crippen LogP) is 0.263. The maximum Gasteiger partial charge on any atom is 0.249 e. The van der Waals surface area contributed by atoms with Gasteiger partial charge in [0.1, 0.15) is 6.04 Å². The molecular weight excluding hydrogens is 226 g/mol. The third kappa shape index (κ3) is 2.55. The molecule has 1 fully saturated rings. The lowest BCUT2D eigenvalue weighted by atomic mass is 10.1. The molecule has 2 rings (SSSR count). The summed E-state index contributed by atoms with van der Waals surface area (Å²) in [6.07, 6.45) is 2.04. The van der Waals surface area contributed by atoms with Crippen molar-refractivity contribution < 1.29 is 9.59 Å². The number of piperidine rings is 1. The van der Waals surface area contributed by atoms with Gasteiger partial charge in [0.2, 0.25) is 11.8 Å². The van der Waals surface area contributed by atoms with E-state index >= 15 is 0 Å². The van der Waals surface area contributed by atoms with Crippen molar-refractivity contribution >= 4 is 28.7 Å². The molecule has 0 saturated carbocycles. The Morgan fingerprint density at radius 3 is 3.00 bits per heavy atom. The fraction of sp³-hybridized carbons (Fsp3) is 0.700. The number of imide groups is 1. The second-order valence-corrected chi connectivity index (χ2v) is 5.23. The summed E-state index contributed by atoms with van der Waals surface area (Å²) in [7, 11) is 0. The lowest BCUT2D eigenvalue weighted by molar-refractivity contribution is -0.134. The van der Waals surface area contributed by atoms with Crippen LogP contribution in [0.15, 0.2) is 4.99 Å². The summed E-state index contributed by atoms with van der Waals surface area (Å²) >= 11 is 1.68. The van der Waals surface area contributed by atoms with Gasteiger partial charge in [0.05, 0.1) is 6.54 Å². The van der Waals surface area contributed by atoms with Gasteiger partial charge in [-0.15, -0.1) is 0 Å². The van der Waals surface area contributed by atoms with Gasteiger partial charge in [-0.25, -0.2) is 0 Å². The van der Waals surface area contributed by atoms with Gasteiger partial charge in [0.15, 0.2) is 5.17 Å². The first-order valence-corrected chi connectivity index (χ1v) is 6.38. The molecule has 0 aromatic rings. The third-order valence-corrected chi connectivity index (χ3v) is 4.00. The molecule has 88 valence electrons. The van der Waals surface area contributed by atoms with Crippen LogP contribution in [0.2, 0.25) is 0 Å². The quantitative estimate of drug-likeness (QED) is 0.680. The Morgan fingerprint density at radius 2 is 2.38 bits per heavy atom. The molecule has 16 heavy (non-hydrogen) atoms. The van der Waals surface area contributed by atoms with Crippen molar-refractivity contribution in [1.29, 1.82) is 0 Å². The van der Waals surface area contributed by atoms with E-state index < -0.39 is 0 Å². The monoisotopic (exact) mass is 241 g/mol. The fourth-order valence-electron chi connectivity index (χ4n) is 1.69. The number of nitrogens with one attached hydrogen (secondary N) is 2. The number of amidine groups is 1. The van der Waals surface area contributed by atoms with Gasteiger partial charge in [-0.2, -0.15) is 0 Å². The highest BCUT2D eigenvalue weighted by molar-refractivity contribution is 8.14. The van der Waals surface area contributed by atoms with E-state index in [1.807, 2.05) is 0 Å². The summed E-state index contributed by atoms with van der Waals surface area (Å²) in [5.74, 6) is -0.421. The van der Waals surface area contributed by atoms with E-state index in [-0.39, 0.29) is 17.9 Å². The molecule has 2 heterocycles. The zero-order valence-corrected chi connectivity index (χ0v) is 9.97. The standard InChI is InChI=1S/C10H15N3O2S/c1-2-6-5-11-10(16-6)12-7-3-4-8(14)13-9(7)15/h6-7H,2-5H2,1H3,(H,11,12)(H,13,14,15). The molecule has 0 aromatic heterocycles. The zero-order chi connectivity index (χ0) is 11.5. The number of nitrogens with zero attached hydrogens (tertiary/aromatic N) is 1. The van der Waals surface area contributed by atoms with Crippen LogP contribution in [-0.4, -0.2) is 34.8 Å². The van der Waals surface area contributed by atoms with Gasteiger partial charge in [0.25, 0.3) is 0 Å². The van der Waals surface area contributed by atoms with Crippen LogP contribution in [-0.2, 0) is 9.59 Å². The van der Waals surface area contributed by atoms with Gasteiger partial charge in [-0.05, 0) is 12.8 Å². The van der Waals surface area contributed by atoms with Crippen LogP contribution in [0.5, 0.6) is 0 Å². The highest BCUT2D eigenvalue weighted by Gasteiger charge is 2.29. The number of rotatable bonds is 2. The SMILES string of the molecule is CCC1CN=C(NC2CCC(=O)NC2=O)S1. The van der Waals surface area contributed by atoms with Crippen LogP contribution < -0.4 is 10.6 Å². The van der Waals surface area contributed by atoms with Gasteiger partial charge in [0, 0.05) is 11.7 Å². The van der Waals surface area contributed by atoms with Crippen molar-refractivity contribution in [3.05, 3.63) is 0 Å². The summed E-state index contributed by atoms with van der Waals surface area (Å²) < 4.78 is 0. The average Bonchev–Trinajstić information content (AvgIpc) is 2.70. The Labute approximate surface area is 98.5 Å². The van der Waals surface area contributed by atoms with Gasteiger partial charge in [-0.1, -0.05) is 18.7 Å². The number of carbonyl (C=O) groups excluding carboxylic acids is 2. The second kappa shape index (κ2) is 4.86. The Bertz CT molecular complexity index is 343. The fourth-order valence-corrected chi connectivity index (χ4v) is 2.68. The van der Waals surface area contributed by atoms with E-state index in [4.69, 9.17) is 0 Å². The summed E-state index contributed by atoms with van der Waals surface area (Å²) in [5.41, 5.74) is 0. The number of hydrogen-bond acceptors (Lipinski definition) is 5. The zero-order valence-electron chi connectivity index (χ0n) is 9.16. The van der Waals surface area contributed by atoms with Crippen molar-refractivity contribution in [2.75, 3.05) is 6.54 Å². The number of carbonyl (C=O) groups is 2. The van der Waals surface area contributed by atoms with Crippen LogP contribution >= 0.6 is 11.8 Å². The summed E-state index contributed by atoms with van der Waals surface area (Å²) in [4.78, 5) is 26.8. The van der Waals surface area contributed by atoms with Crippen LogP contribution in [0.4, 0.5) is 0 Å². The molecule has 2 aliphatic rings.